The maximum Gasteiger partial charge on any atom is 0.0705 e. The molecule has 2 unspecified atom stereocenters. The van der Waals surface area contributed by atoms with E-state index in [0.717, 1.165) is 30.7 Å². The Morgan fingerprint density at radius 3 is 3.05 bits per heavy atom. The third-order valence-corrected chi connectivity index (χ3v) is 4.10. The fourth-order valence-corrected chi connectivity index (χ4v) is 2.88. The van der Waals surface area contributed by atoms with Crippen molar-refractivity contribution in [2.75, 3.05) is 6.61 Å². The third kappa shape index (κ3) is 3.00. The van der Waals surface area contributed by atoms with Crippen LogP contribution in [0.3, 0.4) is 0 Å². The average molecular weight is 270 g/mol. The van der Waals surface area contributed by atoms with Crippen LogP contribution in [0.5, 0.6) is 0 Å². The van der Waals surface area contributed by atoms with E-state index in [1.54, 1.807) is 0 Å². The molecule has 3 rings (SSSR count). The molecule has 20 heavy (non-hydrogen) atoms. The number of hydrogen-bond acceptors (Lipinski definition) is 3. The van der Waals surface area contributed by atoms with Crippen LogP contribution in [0.1, 0.15) is 43.0 Å². The second kappa shape index (κ2) is 5.90. The molecule has 0 spiro atoms. The van der Waals surface area contributed by atoms with Crippen molar-refractivity contribution < 1.29 is 4.74 Å². The number of benzene rings is 1. The minimum absolute atomic E-state index is 0.0879. The minimum atomic E-state index is 0.0879. The molecule has 1 aromatic heterocycles. The molecule has 2 atom stereocenters. The molecule has 106 valence electrons. The largest absolute Gasteiger partial charge is 0.378 e. The summed E-state index contributed by atoms with van der Waals surface area (Å²) in [5.41, 5.74) is 9.60. The van der Waals surface area contributed by atoms with Gasteiger partial charge in [0.25, 0.3) is 0 Å². The zero-order valence-electron chi connectivity index (χ0n) is 12.0. The van der Waals surface area contributed by atoms with Crippen molar-refractivity contribution >= 4 is 10.9 Å². The van der Waals surface area contributed by atoms with E-state index in [-0.39, 0.29) is 6.04 Å². The van der Waals surface area contributed by atoms with Gasteiger partial charge in [-0.05, 0) is 56.4 Å². The molecule has 2 aromatic rings. The van der Waals surface area contributed by atoms with Crippen LogP contribution in [0.25, 0.3) is 10.9 Å². The number of pyridine rings is 1. The SMILES string of the molecule is Cc1ccc2cc(C(N)CCC3CCCO3)ccc2n1. The summed E-state index contributed by atoms with van der Waals surface area (Å²) in [6, 6.07) is 10.6. The summed E-state index contributed by atoms with van der Waals surface area (Å²) in [4.78, 5) is 4.52. The quantitative estimate of drug-likeness (QED) is 0.925. The second-order valence-electron chi connectivity index (χ2n) is 5.72. The van der Waals surface area contributed by atoms with Crippen LogP contribution in [0.4, 0.5) is 0 Å². The molecular formula is C17H22N2O. The summed E-state index contributed by atoms with van der Waals surface area (Å²) in [7, 11) is 0. The Kier molecular flexibility index (Phi) is 3.99. The lowest BCUT2D eigenvalue weighted by Crippen LogP contribution is -2.14. The van der Waals surface area contributed by atoms with Crippen LogP contribution in [0, 0.1) is 6.92 Å². The van der Waals surface area contributed by atoms with E-state index in [2.05, 4.69) is 29.2 Å². The molecule has 1 fully saturated rings. The van der Waals surface area contributed by atoms with Crippen molar-refractivity contribution in [3.8, 4) is 0 Å². The summed E-state index contributed by atoms with van der Waals surface area (Å²) in [6.07, 6.45) is 4.85. The number of rotatable bonds is 4. The van der Waals surface area contributed by atoms with Gasteiger partial charge in [0.05, 0.1) is 11.6 Å². The molecule has 0 radical (unpaired) electrons. The van der Waals surface area contributed by atoms with E-state index in [4.69, 9.17) is 10.5 Å². The van der Waals surface area contributed by atoms with E-state index in [1.165, 1.54) is 23.8 Å². The molecule has 2 heterocycles. The maximum absolute atomic E-state index is 6.32. The first-order valence-corrected chi connectivity index (χ1v) is 7.47. The second-order valence-corrected chi connectivity index (χ2v) is 5.72. The molecule has 1 aliphatic rings. The van der Waals surface area contributed by atoms with Gasteiger partial charge in [0, 0.05) is 23.7 Å². The molecule has 1 aromatic carbocycles. The predicted molar refractivity (Wildman–Crippen MR) is 81.6 cm³/mol. The molecule has 0 bridgehead atoms. The van der Waals surface area contributed by atoms with E-state index < -0.39 is 0 Å². The summed E-state index contributed by atoms with van der Waals surface area (Å²) < 4.78 is 5.66. The van der Waals surface area contributed by atoms with Gasteiger partial charge in [0.1, 0.15) is 0 Å². The van der Waals surface area contributed by atoms with Crippen LogP contribution < -0.4 is 5.73 Å². The van der Waals surface area contributed by atoms with E-state index in [1.807, 2.05) is 13.0 Å². The van der Waals surface area contributed by atoms with E-state index in [0.29, 0.717) is 6.10 Å². The van der Waals surface area contributed by atoms with Crippen LogP contribution in [-0.4, -0.2) is 17.7 Å². The van der Waals surface area contributed by atoms with Gasteiger partial charge in [-0.25, -0.2) is 0 Å². The van der Waals surface area contributed by atoms with Crippen molar-refractivity contribution in [2.45, 2.75) is 44.8 Å². The highest BCUT2D eigenvalue weighted by Gasteiger charge is 2.17. The molecule has 0 saturated carbocycles. The highest BCUT2D eigenvalue weighted by atomic mass is 16.5. The predicted octanol–water partition coefficient (Wildman–Crippen LogP) is 3.50. The lowest BCUT2D eigenvalue weighted by molar-refractivity contribution is 0.101. The number of aryl methyl sites for hydroxylation is 1. The van der Waals surface area contributed by atoms with Gasteiger partial charge < -0.3 is 10.5 Å². The number of nitrogens with zero attached hydrogens (tertiary/aromatic N) is 1. The molecule has 3 heteroatoms. The zero-order chi connectivity index (χ0) is 13.9. The van der Waals surface area contributed by atoms with Gasteiger partial charge in [0.2, 0.25) is 0 Å². The number of nitrogens with two attached hydrogens (primary N) is 1. The molecular weight excluding hydrogens is 248 g/mol. The first-order chi connectivity index (χ1) is 9.72. The fraction of sp³-hybridized carbons (Fsp3) is 0.471. The topological polar surface area (TPSA) is 48.1 Å². The number of fused-ring (bicyclic) bond motifs is 1. The smallest absolute Gasteiger partial charge is 0.0705 e. The lowest BCUT2D eigenvalue weighted by atomic mass is 9.98. The lowest BCUT2D eigenvalue weighted by Gasteiger charge is -2.15. The summed E-state index contributed by atoms with van der Waals surface area (Å²) >= 11 is 0. The molecule has 0 amide bonds. The standard InChI is InChI=1S/C17H22N2O/c1-12-4-5-14-11-13(6-9-17(14)19-12)16(18)8-7-15-3-2-10-20-15/h4-6,9,11,15-16H,2-3,7-8,10,18H2,1H3. The van der Waals surface area contributed by atoms with Gasteiger partial charge >= 0.3 is 0 Å². The summed E-state index contributed by atoms with van der Waals surface area (Å²) in [6.45, 7) is 2.93. The fourth-order valence-electron chi connectivity index (χ4n) is 2.88. The monoisotopic (exact) mass is 270 g/mol. The van der Waals surface area contributed by atoms with E-state index in [9.17, 15) is 0 Å². The Morgan fingerprint density at radius 1 is 1.35 bits per heavy atom. The highest BCUT2D eigenvalue weighted by molar-refractivity contribution is 5.79. The zero-order valence-corrected chi connectivity index (χ0v) is 12.0. The van der Waals surface area contributed by atoms with Crippen LogP contribution in [0.2, 0.25) is 0 Å². The normalized spacial score (nSPS) is 20.4. The summed E-state index contributed by atoms with van der Waals surface area (Å²) in [5.74, 6) is 0. The molecule has 1 saturated heterocycles. The first kappa shape index (κ1) is 13.5. The van der Waals surface area contributed by atoms with Gasteiger partial charge in [-0.15, -0.1) is 0 Å². The maximum atomic E-state index is 6.32. The highest BCUT2D eigenvalue weighted by Crippen LogP contribution is 2.24. The molecule has 2 N–H and O–H groups in total. The van der Waals surface area contributed by atoms with Crippen LogP contribution >= 0.6 is 0 Å². The van der Waals surface area contributed by atoms with Gasteiger partial charge in [-0.1, -0.05) is 12.1 Å². The van der Waals surface area contributed by atoms with E-state index >= 15 is 0 Å². The Bertz CT molecular complexity index is 591. The average Bonchev–Trinajstić information content (AvgIpc) is 2.97. The summed E-state index contributed by atoms with van der Waals surface area (Å²) in [5, 5.41) is 1.17. The number of hydrogen-bond donors (Lipinski definition) is 1. The number of aromatic nitrogens is 1. The van der Waals surface area contributed by atoms with Crippen molar-refractivity contribution in [3.63, 3.8) is 0 Å². The Balaban J connectivity index is 1.70. The Labute approximate surface area is 120 Å². The molecule has 0 aliphatic carbocycles. The van der Waals surface area contributed by atoms with Gasteiger partial charge in [-0.3, -0.25) is 4.98 Å². The number of ether oxygens (including phenoxy) is 1. The van der Waals surface area contributed by atoms with Gasteiger partial charge in [0.15, 0.2) is 0 Å². The Hall–Kier alpha value is -1.45. The van der Waals surface area contributed by atoms with Crippen molar-refractivity contribution in [1.29, 1.82) is 0 Å². The Morgan fingerprint density at radius 2 is 2.25 bits per heavy atom. The van der Waals surface area contributed by atoms with Crippen molar-refractivity contribution in [1.82, 2.24) is 4.98 Å². The molecule has 1 aliphatic heterocycles. The molecule has 3 nitrogen and oxygen atoms in total. The van der Waals surface area contributed by atoms with Crippen LogP contribution in [0.15, 0.2) is 30.3 Å². The first-order valence-electron chi connectivity index (χ1n) is 7.47. The third-order valence-electron chi connectivity index (χ3n) is 4.10. The van der Waals surface area contributed by atoms with Crippen molar-refractivity contribution in [2.24, 2.45) is 5.73 Å². The van der Waals surface area contributed by atoms with Crippen LogP contribution in [-0.2, 0) is 4.74 Å². The van der Waals surface area contributed by atoms with Crippen molar-refractivity contribution in [3.05, 3.63) is 41.6 Å². The minimum Gasteiger partial charge on any atom is -0.378 e. The van der Waals surface area contributed by atoms with Gasteiger partial charge in [-0.2, -0.15) is 0 Å².